The van der Waals surface area contributed by atoms with Crippen molar-refractivity contribution in [2.75, 3.05) is 37.9 Å². The summed E-state index contributed by atoms with van der Waals surface area (Å²) < 4.78 is 59.8. The summed E-state index contributed by atoms with van der Waals surface area (Å²) in [7, 11) is -0.883. The number of imidazole rings is 1. The van der Waals surface area contributed by atoms with Crippen molar-refractivity contribution in [3.05, 3.63) is 42.0 Å². The van der Waals surface area contributed by atoms with Gasteiger partial charge in [-0.2, -0.15) is 0 Å². The first-order valence-electron chi connectivity index (χ1n) is 11.0. The molecule has 34 heavy (non-hydrogen) atoms. The van der Waals surface area contributed by atoms with Gasteiger partial charge in [0, 0.05) is 49.4 Å². The molecular weight excluding hydrogens is 465 g/mol. The molecule has 0 aliphatic carbocycles. The predicted octanol–water partition coefficient (Wildman–Crippen LogP) is 3.31. The zero-order valence-corrected chi connectivity index (χ0v) is 20.1. The molecule has 11 heteroatoms. The lowest BCUT2D eigenvalue weighted by Gasteiger charge is -2.33. The van der Waals surface area contributed by atoms with E-state index in [-0.39, 0.29) is 17.2 Å². The number of ether oxygens (including phenoxy) is 3. The van der Waals surface area contributed by atoms with Crippen LogP contribution >= 0.6 is 0 Å². The first kappa shape index (κ1) is 24.2. The number of aliphatic hydroxyl groups is 1. The van der Waals surface area contributed by atoms with Gasteiger partial charge in [-0.25, -0.2) is 17.8 Å². The highest BCUT2D eigenvalue weighted by Gasteiger charge is 2.35. The topological polar surface area (TPSA) is 111 Å². The van der Waals surface area contributed by atoms with Crippen LogP contribution < -0.4 is 14.2 Å². The lowest BCUT2D eigenvalue weighted by atomic mass is 9.87. The van der Waals surface area contributed by atoms with E-state index in [0.717, 1.165) is 0 Å². The summed E-state index contributed by atoms with van der Waals surface area (Å²) in [6.45, 7) is 2.57. The van der Waals surface area contributed by atoms with Crippen LogP contribution in [-0.2, 0) is 20.4 Å². The van der Waals surface area contributed by atoms with Crippen LogP contribution in [0.3, 0.4) is 0 Å². The number of aromatic nitrogens is 2. The van der Waals surface area contributed by atoms with Crippen molar-refractivity contribution in [2.45, 2.75) is 31.8 Å². The Kier molecular flexibility index (Phi) is 6.70. The predicted molar refractivity (Wildman–Crippen MR) is 125 cm³/mol. The summed E-state index contributed by atoms with van der Waals surface area (Å²) in [5.41, 5.74) is 0.837. The van der Waals surface area contributed by atoms with Gasteiger partial charge in [0.25, 0.3) is 0 Å². The first-order valence-corrected chi connectivity index (χ1v) is 12.6. The van der Waals surface area contributed by atoms with Gasteiger partial charge in [-0.3, -0.25) is 9.12 Å². The van der Waals surface area contributed by atoms with Gasteiger partial charge in [0.15, 0.2) is 11.6 Å². The molecule has 0 unspecified atom stereocenters. The summed E-state index contributed by atoms with van der Waals surface area (Å²) in [5.74, 6) is -0.539. The van der Waals surface area contributed by atoms with E-state index in [2.05, 4.69) is 9.71 Å². The molecule has 184 valence electrons. The molecule has 0 spiro atoms. The van der Waals surface area contributed by atoms with Gasteiger partial charge in [0.05, 0.1) is 43.2 Å². The highest BCUT2D eigenvalue weighted by Crippen LogP contribution is 2.40. The van der Waals surface area contributed by atoms with Crippen LogP contribution in [-0.4, -0.2) is 56.1 Å². The Morgan fingerprint density at radius 3 is 2.62 bits per heavy atom. The summed E-state index contributed by atoms with van der Waals surface area (Å²) in [4.78, 5) is 4.40. The third-order valence-corrected chi connectivity index (χ3v) is 7.41. The zero-order valence-electron chi connectivity index (χ0n) is 19.3. The third-order valence-electron chi connectivity index (χ3n) is 5.93. The Hall–Kier alpha value is -2.89. The number of rotatable bonds is 8. The summed E-state index contributed by atoms with van der Waals surface area (Å²) in [6, 6.07) is 4.47. The summed E-state index contributed by atoms with van der Waals surface area (Å²) in [6.07, 6.45) is 4.49. The van der Waals surface area contributed by atoms with Crippen molar-refractivity contribution in [1.82, 2.24) is 9.38 Å². The number of nitrogens with zero attached hydrogens (tertiary/aromatic N) is 2. The Labute approximate surface area is 197 Å². The van der Waals surface area contributed by atoms with Crippen LogP contribution in [0.2, 0.25) is 0 Å². The van der Waals surface area contributed by atoms with Crippen molar-refractivity contribution >= 4 is 21.4 Å². The minimum absolute atomic E-state index is 0.00214. The molecule has 4 rings (SSSR count). The fraction of sp³-hybridized carbons (Fsp3) is 0.435. The molecule has 0 saturated carbocycles. The minimum Gasteiger partial charge on any atom is -0.496 e. The molecule has 3 heterocycles. The van der Waals surface area contributed by atoms with Crippen LogP contribution in [0.4, 0.5) is 10.1 Å². The molecular formula is C23H28FN3O6S. The number of methoxy groups -OCH3 is 2. The zero-order chi connectivity index (χ0) is 24.5. The number of hydrogen-bond acceptors (Lipinski definition) is 7. The van der Waals surface area contributed by atoms with Crippen LogP contribution in [0.1, 0.15) is 31.7 Å². The maximum absolute atomic E-state index is 15.0. The molecule has 1 aliphatic heterocycles. The number of benzene rings is 1. The van der Waals surface area contributed by atoms with Gasteiger partial charge in [-0.05, 0) is 18.6 Å². The maximum Gasteiger partial charge on any atom is 0.232 e. The Bertz CT molecular complexity index is 1300. The number of fused-ring (bicyclic) bond motifs is 1. The SMILES string of the molecule is CCCS(=O)(=O)Nc1cc(-c2cnc3cc(OC)c(C4(O)CCOCC4)cn23)cc(F)c1OC. The quantitative estimate of drug-likeness (QED) is 0.495. The fourth-order valence-corrected chi connectivity index (χ4v) is 5.35. The second kappa shape index (κ2) is 9.40. The number of hydrogen-bond donors (Lipinski definition) is 2. The first-order chi connectivity index (χ1) is 16.2. The number of sulfonamides is 1. The molecule has 2 aromatic heterocycles. The average molecular weight is 494 g/mol. The van der Waals surface area contributed by atoms with Gasteiger partial charge < -0.3 is 19.3 Å². The van der Waals surface area contributed by atoms with Crippen molar-refractivity contribution in [3.63, 3.8) is 0 Å². The normalized spacial score (nSPS) is 15.9. The van der Waals surface area contributed by atoms with Crippen LogP contribution in [0.25, 0.3) is 16.9 Å². The largest absolute Gasteiger partial charge is 0.496 e. The highest BCUT2D eigenvalue weighted by atomic mass is 32.2. The van der Waals surface area contributed by atoms with Gasteiger partial charge >= 0.3 is 0 Å². The van der Waals surface area contributed by atoms with E-state index in [0.29, 0.717) is 60.7 Å². The van der Waals surface area contributed by atoms with Gasteiger partial charge in [0.2, 0.25) is 10.0 Å². The van der Waals surface area contributed by atoms with E-state index in [4.69, 9.17) is 14.2 Å². The van der Waals surface area contributed by atoms with E-state index < -0.39 is 21.4 Å². The van der Waals surface area contributed by atoms with Crippen LogP contribution in [0.5, 0.6) is 11.5 Å². The molecule has 0 radical (unpaired) electrons. The average Bonchev–Trinajstić information content (AvgIpc) is 3.21. The number of nitrogens with one attached hydrogen (secondary N) is 1. The minimum atomic E-state index is -3.68. The molecule has 0 atom stereocenters. The smallest absolute Gasteiger partial charge is 0.232 e. The van der Waals surface area contributed by atoms with E-state index in [9.17, 15) is 17.9 Å². The molecule has 1 saturated heterocycles. The van der Waals surface area contributed by atoms with Gasteiger partial charge in [0.1, 0.15) is 11.4 Å². The van der Waals surface area contributed by atoms with Gasteiger partial charge in [-0.1, -0.05) is 6.92 Å². The van der Waals surface area contributed by atoms with Crippen molar-refractivity contribution in [3.8, 4) is 22.8 Å². The Balaban J connectivity index is 1.86. The molecule has 1 fully saturated rings. The lowest BCUT2D eigenvalue weighted by molar-refractivity contribution is -0.0691. The summed E-state index contributed by atoms with van der Waals surface area (Å²) in [5, 5.41) is 11.3. The maximum atomic E-state index is 15.0. The Morgan fingerprint density at radius 1 is 1.24 bits per heavy atom. The van der Waals surface area contributed by atoms with E-state index >= 15 is 0 Å². The third kappa shape index (κ3) is 4.55. The monoisotopic (exact) mass is 493 g/mol. The second-order valence-electron chi connectivity index (χ2n) is 8.23. The van der Waals surface area contributed by atoms with Crippen LogP contribution in [0.15, 0.2) is 30.6 Å². The summed E-state index contributed by atoms with van der Waals surface area (Å²) >= 11 is 0. The van der Waals surface area contributed by atoms with Crippen LogP contribution in [0, 0.1) is 5.82 Å². The molecule has 9 nitrogen and oxygen atoms in total. The van der Waals surface area contributed by atoms with E-state index in [1.807, 2.05) is 0 Å². The molecule has 0 bridgehead atoms. The van der Waals surface area contributed by atoms with E-state index in [1.54, 1.807) is 29.8 Å². The highest BCUT2D eigenvalue weighted by molar-refractivity contribution is 7.92. The fourth-order valence-electron chi connectivity index (χ4n) is 4.23. The number of halogens is 1. The van der Waals surface area contributed by atoms with Crippen molar-refractivity contribution in [2.24, 2.45) is 0 Å². The molecule has 3 aromatic rings. The number of anilines is 1. The lowest BCUT2D eigenvalue weighted by Crippen LogP contribution is -2.34. The molecule has 1 aliphatic rings. The van der Waals surface area contributed by atoms with E-state index in [1.165, 1.54) is 26.4 Å². The van der Waals surface area contributed by atoms with Crippen molar-refractivity contribution < 1.29 is 32.1 Å². The number of pyridine rings is 1. The van der Waals surface area contributed by atoms with Crippen molar-refractivity contribution in [1.29, 1.82) is 0 Å². The second-order valence-corrected chi connectivity index (χ2v) is 10.1. The molecule has 1 aromatic carbocycles. The standard InChI is InChI=1S/C23H28FN3O6S/c1-4-9-34(29,30)26-18-11-15(10-17(24)22(18)32-3)19-13-25-21-12-20(31-2)16(14-27(19)21)23(28)5-7-33-8-6-23/h10-14,26,28H,4-9H2,1-3H3. The Morgan fingerprint density at radius 2 is 1.97 bits per heavy atom. The van der Waals surface area contributed by atoms with Gasteiger partial charge in [-0.15, -0.1) is 0 Å². The molecule has 2 N–H and O–H groups in total. The molecule has 0 amide bonds.